The number of halogens is 1. The Kier molecular flexibility index (Phi) is 4.08. The van der Waals surface area contributed by atoms with Crippen molar-refractivity contribution in [3.63, 3.8) is 0 Å². The van der Waals surface area contributed by atoms with Crippen molar-refractivity contribution in [2.24, 2.45) is 11.7 Å². The fourth-order valence-electron chi connectivity index (χ4n) is 3.12. The molecule has 120 valence electrons. The molecule has 1 atom stereocenters. The van der Waals surface area contributed by atoms with Crippen LogP contribution in [0.4, 0.5) is 4.39 Å². The van der Waals surface area contributed by atoms with Crippen molar-refractivity contribution < 1.29 is 13.9 Å². The summed E-state index contributed by atoms with van der Waals surface area (Å²) in [6.45, 7) is 3.53. The summed E-state index contributed by atoms with van der Waals surface area (Å²) in [5.74, 6) is 0.816. The summed E-state index contributed by atoms with van der Waals surface area (Å²) in [6, 6.07) is 6.03. The fraction of sp³-hybridized carbons (Fsp3) is 0.588. The molecule has 2 fully saturated rings. The molecule has 1 saturated heterocycles. The van der Waals surface area contributed by atoms with Crippen molar-refractivity contribution in [2.45, 2.75) is 44.2 Å². The Balaban J connectivity index is 1.61. The van der Waals surface area contributed by atoms with E-state index < -0.39 is 5.60 Å². The topological polar surface area (TPSA) is 55.6 Å². The molecule has 0 radical (unpaired) electrons. The van der Waals surface area contributed by atoms with Gasteiger partial charge in [0.2, 0.25) is 0 Å². The minimum atomic E-state index is -0.723. The standard InChI is InChI=1S/C17H23FN2O2/c1-12(19)13-6-10-20(11-7-13)16(21)17(8-9-17)22-15-4-2-14(18)3-5-15/h2-5,12-13H,6-11,19H2,1H3. The summed E-state index contributed by atoms with van der Waals surface area (Å²) in [5, 5.41) is 0. The van der Waals surface area contributed by atoms with Gasteiger partial charge in [-0.25, -0.2) is 4.39 Å². The lowest BCUT2D eigenvalue weighted by atomic mass is 9.90. The molecule has 1 saturated carbocycles. The highest BCUT2D eigenvalue weighted by atomic mass is 19.1. The maximum Gasteiger partial charge on any atom is 0.266 e. The van der Waals surface area contributed by atoms with Gasteiger partial charge in [-0.1, -0.05) is 0 Å². The number of carbonyl (C=O) groups is 1. The average molecular weight is 306 g/mol. The van der Waals surface area contributed by atoms with Gasteiger partial charge in [0.1, 0.15) is 11.6 Å². The first kappa shape index (κ1) is 15.3. The normalized spacial score (nSPS) is 22.2. The molecule has 1 aromatic carbocycles. The molecule has 5 heteroatoms. The van der Waals surface area contributed by atoms with E-state index in [2.05, 4.69) is 0 Å². The fourth-order valence-corrected chi connectivity index (χ4v) is 3.12. The number of rotatable bonds is 4. The molecule has 1 amide bonds. The van der Waals surface area contributed by atoms with Crippen LogP contribution in [-0.2, 0) is 4.79 Å². The number of likely N-dealkylation sites (tertiary alicyclic amines) is 1. The van der Waals surface area contributed by atoms with E-state index in [0.29, 0.717) is 11.7 Å². The van der Waals surface area contributed by atoms with Gasteiger partial charge in [0, 0.05) is 32.0 Å². The number of hydrogen-bond acceptors (Lipinski definition) is 3. The SMILES string of the molecule is CC(N)C1CCN(C(=O)C2(Oc3ccc(F)cc3)CC2)CC1. The van der Waals surface area contributed by atoms with Gasteiger partial charge in [-0.15, -0.1) is 0 Å². The Labute approximate surface area is 130 Å². The van der Waals surface area contributed by atoms with E-state index in [4.69, 9.17) is 10.5 Å². The second-order valence-corrected chi connectivity index (χ2v) is 6.54. The smallest absolute Gasteiger partial charge is 0.266 e. The molecule has 0 bridgehead atoms. The van der Waals surface area contributed by atoms with E-state index in [1.807, 2.05) is 11.8 Å². The van der Waals surface area contributed by atoms with Crippen LogP contribution in [0.3, 0.4) is 0 Å². The molecule has 2 aliphatic rings. The monoisotopic (exact) mass is 306 g/mol. The Morgan fingerprint density at radius 2 is 1.91 bits per heavy atom. The van der Waals surface area contributed by atoms with Crippen molar-refractivity contribution >= 4 is 5.91 Å². The summed E-state index contributed by atoms with van der Waals surface area (Å²) in [4.78, 5) is 14.6. The number of nitrogens with two attached hydrogens (primary N) is 1. The van der Waals surface area contributed by atoms with Crippen LogP contribution in [0.15, 0.2) is 24.3 Å². The highest BCUT2D eigenvalue weighted by Gasteiger charge is 2.55. The molecule has 2 N–H and O–H groups in total. The van der Waals surface area contributed by atoms with Gasteiger partial charge < -0.3 is 15.4 Å². The zero-order valence-electron chi connectivity index (χ0n) is 12.9. The maximum atomic E-state index is 12.9. The summed E-state index contributed by atoms with van der Waals surface area (Å²) in [6.07, 6.45) is 3.37. The Hall–Kier alpha value is -1.62. The summed E-state index contributed by atoms with van der Waals surface area (Å²) < 4.78 is 18.8. The minimum absolute atomic E-state index is 0.0694. The van der Waals surface area contributed by atoms with Crippen LogP contribution in [0.1, 0.15) is 32.6 Å². The number of carbonyl (C=O) groups excluding carboxylic acids is 1. The highest BCUT2D eigenvalue weighted by molar-refractivity contribution is 5.88. The second kappa shape index (κ2) is 5.88. The molecule has 0 aromatic heterocycles. The first-order valence-corrected chi connectivity index (χ1v) is 8.00. The molecular weight excluding hydrogens is 283 g/mol. The Morgan fingerprint density at radius 3 is 2.41 bits per heavy atom. The molecule has 22 heavy (non-hydrogen) atoms. The first-order chi connectivity index (χ1) is 10.5. The molecule has 1 aliphatic heterocycles. The molecule has 1 heterocycles. The van der Waals surface area contributed by atoms with E-state index in [1.165, 1.54) is 12.1 Å². The molecule has 3 rings (SSSR count). The number of amides is 1. The van der Waals surface area contributed by atoms with Crippen LogP contribution in [0.25, 0.3) is 0 Å². The zero-order chi connectivity index (χ0) is 15.7. The third-order valence-corrected chi connectivity index (χ3v) is 4.79. The lowest BCUT2D eigenvalue weighted by molar-refractivity contribution is -0.142. The van der Waals surface area contributed by atoms with Crippen molar-refractivity contribution in [2.75, 3.05) is 13.1 Å². The highest BCUT2D eigenvalue weighted by Crippen LogP contribution is 2.42. The van der Waals surface area contributed by atoms with E-state index in [9.17, 15) is 9.18 Å². The number of nitrogens with zero attached hydrogens (tertiary/aromatic N) is 1. The largest absolute Gasteiger partial charge is 0.477 e. The Morgan fingerprint density at radius 1 is 1.32 bits per heavy atom. The lowest BCUT2D eigenvalue weighted by Gasteiger charge is -2.35. The minimum Gasteiger partial charge on any atom is -0.477 e. The van der Waals surface area contributed by atoms with Crippen molar-refractivity contribution in [3.05, 3.63) is 30.1 Å². The van der Waals surface area contributed by atoms with Crippen LogP contribution in [0.5, 0.6) is 5.75 Å². The molecule has 1 unspecified atom stereocenters. The van der Waals surface area contributed by atoms with E-state index in [1.54, 1.807) is 12.1 Å². The lowest BCUT2D eigenvalue weighted by Crippen LogP contribution is -2.48. The quantitative estimate of drug-likeness (QED) is 0.929. The van der Waals surface area contributed by atoms with Crippen LogP contribution in [0, 0.1) is 11.7 Å². The predicted octanol–water partition coefficient (Wildman–Crippen LogP) is 2.32. The first-order valence-electron chi connectivity index (χ1n) is 8.00. The number of ether oxygens (including phenoxy) is 1. The van der Waals surface area contributed by atoms with Crippen molar-refractivity contribution in [3.8, 4) is 5.75 Å². The summed E-state index contributed by atoms with van der Waals surface area (Å²) >= 11 is 0. The molecule has 4 nitrogen and oxygen atoms in total. The van der Waals surface area contributed by atoms with Crippen LogP contribution in [-0.4, -0.2) is 35.5 Å². The molecular formula is C17H23FN2O2. The second-order valence-electron chi connectivity index (χ2n) is 6.54. The predicted molar refractivity (Wildman–Crippen MR) is 81.9 cm³/mol. The van der Waals surface area contributed by atoms with Gasteiger partial charge in [-0.2, -0.15) is 0 Å². The molecule has 1 aliphatic carbocycles. The summed E-state index contributed by atoms with van der Waals surface area (Å²) in [7, 11) is 0. The third-order valence-electron chi connectivity index (χ3n) is 4.79. The third kappa shape index (κ3) is 3.09. The number of hydrogen-bond donors (Lipinski definition) is 1. The van der Waals surface area contributed by atoms with Crippen molar-refractivity contribution in [1.82, 2.24) is 4.90 Å². The number of benzene rings is 1. The Bertz CT molecular complexity index is 532. The van der Waals surface area contributed by atoms with Gasteiger partial charge in [0.25, 0.3) is 5.91 Å². The van der Waals surface area contributed by atoms with Gasteiger partial charge in [-0.3, -0.25) is 4.79 Å². The van der Waals surface area contributed by atoms with Crippen LogP contribution in [0.2, 0.25) is 0 Å². The summed E-state index contributed by atoms with van der Waals surface area (Å²) in [5.41, 5.74) is 5.22. The average Bonchev–Trinajstić information content (AvgIpc) is 3.30. The van der Waals surface area contributed by atoms with Crippen LogP contribution >= 0.6 is 0 Å². The molecule has 1 aromatic rings. The van der Waals surface area contributed by atoms with Gasteiger partial charge in [0.15, 0.2) is 5.60 Å². The zero-order valence-corrected chi connectivity index (χ0v) is 12.9. The van der Waals surface area contributed by atoms with E-state index in [0.717, 1.165) is 38.8 Å². The van der Waals surface area contributed by atoms with Gasteiger partial charge >= 0.3 is 0 Å². The van der Waals surface area contributed by atoms with Crippen molar-refractivity contribution in [1.29, 1.82) is 0 Å². The molecule has 0 spiro atoms. The van der Waals surface area contributed by atoms with E-state index in [-0.39, 0.29) is 17.8 Å². The van der Waals surface area contributed by atoms with Gasteiger partial charge in [-0.05, 0) is 49.9 Å². The maximum absolute atomic E-state index is 12.9. The van der Waals surface area contributed by atoms with Crippen LogP contribution < -0.4 is 10.5 Å². The number of piperidine rings is 1. The van der Waals surface area contributed by atoms with E-state index >= 15 is 0 Å². The van der Waals surface area contributed by atoms with Gasteiger partial charge in [0.05, 0.1) is 0 Å².